The molecule has 0 saturated carbocycles. The fraction of sp³-hybridized carbons (Fsp3) is 0.222. The van der Waals surface area contributed by atoms with Crippen LogP contribution in [0.4, 0.5) is 0 Å². The number of rotatable bonds is 8. The Labute approximate surface area is 197 Å². The molecule has 3 aromatic carbocycles. The summed E-state index contributed by atoms with van der Waals surface area (Å²) >= 11 is 0. The van der Waals surface area contributed by atoms with Crippen LogP contribution in [-0.2, 0) is 32.3 Å². The quantitative estimate of drug-likeness (QED) is 0.278. The van der Waals surface area contributed by atoms with Crippen molar-refractivity contribution in [1.29, 1.82) is 0 Å². The van der Waals surface area contributed by atoms with Crippen LogP contribution in [0.2, 0.25) is 0 Å². The smallest absolute Gasteiger partial charge is 0.331 e. The molecule has 174 valence electrons. The summed E-state index contributed by atoms with van der Waals surface area (Å²) < 4.78 is 22.1. The first kappa shape index (κ1) is 23.0. The van der Waals surface area contributed by atoms with Gasteiger partial charge in [-0.3, -0.25) is 14.4 Å². The molecule has 7 nitrogen and oxygen atoms in total. The summed E-state index contributed by atoms with van der Waals surface area (Å²) in [5.41, 5.74) is 2.00. The molecule has 1 heterocycles. The van der Waals surface area contributed by atoms with Gasteiger partial charge in [-0.15, -0.1) is 0 Å². The molecule has 34 heavy (non-hydrogen) atoms. The largest absolute Gasteiger partial charge is 0.485 e. The van der Waals surface area contributed by atoms with Crippen molar-refractivity contribution in [3.8, 4) is 11.5 Å². The molecule has 4 rings (SSSR count). The summed E-state index contributed by atoms with van der Waals surface area (Å²) in [6.07, 6.45) is 0. The van der Waals surface area contributed by atoms with E-state index in [1.54, 1.807) is 6.07 Å². The minimum absolute atomic E-state index is 0.105. The maximum absolute atomic E-state index is 13.1. The van der Waals surface area contributed by atoms with Gasteiger partial charge in [0.25, 0.3) is 5.79 Å². The van der Waals surface area contributed by atoms with Crippen LogP contribution in [-0.4, -0.2) is 23.5 Å². The van der Waals surface area contributed by atoms with E-state index in [-0.39, 0.29) is 12.2 Å². The van der Waals surface area contributed by atoms with Gasteiger partial charge in [0.05, 0.1) is 0 Å². The third-order valence-electron chi connectivity index (χ3n) is 5.13. The van der Waals surface area contributed by atoms with E-state index >= 15 is 0 Å². The predicted octanol–water partition coefficient (Wildman–Crippen LogP) is 4.48. The van der Waals surface area contributed by atoms with Crippen molar-refractivity contribution in [2.45, 2.75) is 32.8 Å². The fourth-order valence-electron chi connectivity index (χ4n) is 3.46. The number of hydrogen-bond acceptors (Lipinski definition) is 7. The summed E-state index contributed by atoms with van der Waals surface area (Å²) in [5, 5.41) is 0. The number of Topliss-reactive ketones (excluding diaryl/α,β-unsaturated/α-hetero) is 1. The zero-order chi connectivity index (χ0) is 24.1. The molecular weight excluding hydrogens is 436 g/mol. The lowest BCUT2D eigenvalue weighted by atomic mass is 9.96. The SMILES string of the molecule is CC1(C)OC(=O)C(C(=O)c2ccc(OCc3ccccc3)c(OCc3ccccc3)c2)C(=O)O1. The van der Waals surface area contributed by atoms with Gasteiger partial charge in [-0.1, -0.05) is 60.7 Å². The Bertz CT molecular complexity index is 1170. The van der Waals surface area contributed by atoms with E-state index in [0.29, 0.717) is 18.1 Å². The lowest BCUT2D eigenvalue weighted by Crippen LogP contribution is -2.49. The Hall–Kier alpha value is -4.13. The van der Waals surface area contributed by atoms with Crippen LogP contribution in [0, 0.1) is 5.92 Å². The van der Waals surface area contributed by atoms with Gasteiger partial charge in [-0.25, -0.2) is 0 Å². The number of benzene rings is 3. The average Bonchev–Trinajstić information content (AvgIpc) is 2.81. The van der Waals surface area contributed by atoms with Crippen LogP contribution in [0.5, 0.6) is 11.5 Å². The van der Waals surface area contributed by atoms with Crippen molar-refractivity contribution in [3.63, 3.8) is 0 Å². The number of cyclic esters (lactones) is 2. The van der Waals surface area contributed by atoms with Crippen LogP contribution < -0.4 is 9.47 Å². The van der Waals surface area contributed by atoms with Gasteiger partial charge in [-0.2, -0.15) is 0 Å². The highest BCUT2D eigenvalue weighted by molar-refractivity contribution is 6.21. The molecule has 1 aliphatic heterocycles. The Kier molecular flexibility index (Phi) is 6.63. The molecule has 1 aliphatic rings. The van der Waals surface area contributed by atoms with Gasteiger partial charge in [0, 0.05) is 19.4 Å². The third kappa shape index (κ3) is 5.43. The standard InChI is InChI=1S/C27H24O7/c1-27(2)33-25(29)23(26(30)34-27)24(28)20-13-14-21(31-16-18-9-5-3-6-10-18)22(15-20)32-17-19-11-7-4-8-12-19/h3-15,23H,16-17H2,1-2H3. The van der Waals surface area contributed by atoms with Gasteiger partial charge in [0.2, 0.25) is 5.92 Å². The van der Waals surface area contributed by atoms with Gasteiger partial charge in [0.1, 0.15) is 13.2 Å². The molecule has 0 atom stereocenters. The highest BCUT2D eigenvalue weighted by atomic mass is 16.7. The molecule has 1 fully saturated rings. The molecule has 0 aromatic heterocycles. The number of ether oxygens (including phenoxy) is 4. The molecule has 0 unspecified atom stereocenters. The van der Waals surface area contributed by atoms with Crippen molar-refractivity contribution in [3.05, 3.63) is 95.6 Å². The zero-order valence-electron chi connectivity index (χ0n) is 18.9. The summed E-state index contributed by atoms with van der Waals surface area (Å²) in [4.78, 5) is 37.8. The maximum Gasteiger partial charge on any atom is 0.331 e. The topological polar surface area (TPSA) is 88.1 Å². The van der Waals surface area contributed by atoms with Crippen LogP contribution in [0.1, 0.15) is 35.3 Å². The van der Waals surface area contributed by atoms with Gasteiger partial charge >= 0.3 is 11.9 Å². The van der Waals surface area contributed by atoms with E-state index in [1.807, 2.05) is 60.7 Å². The molecule has 0 N–H and O–H groups in total. The summed E-state index contributed by atoms with van der Waals surface area (Å²) in [5.74, 6) is -4.99. The minimum atomic E-state index is -1.69. The van der Waals surface area contributed by atoms with Crippen molar-refractivity contribution in [2.75, 3.05) is 0 Å². The van der Waals surface area contributed by atoms with E-state index in [9.17, 15) is 14.4 Å². The lowest BCUT2D eigenvalue weighted by molar-refractivity contribution is -0.236. The normalized spacial score (nSPS) is 15.2. The second-order valence-electron chi connectivity index (χ2n) is 8.25. The van der Waals surface area contributed by atoms with Crippen LogP contribution in [0.3, 0.4) is 0 Å². The van der Waals surface area contributed by atoms with Crippen molar-refractivity contribution in [1.82, 2.24) is 0 Å². The molecule has 0 radical (unpaired) electrons. The molecule has 0 amide bonds. The first-order valence-electron chi connectivity index (χ1n) is 10.8. The third-order valence-corrected chi connectivity index (χ3v) is 5.13. The molecule has 0 spiro atoms. The second-order valence-corrected chi connectivity index (χ2v) is 8.25. The predicted molar refractivity (Wildman–Crippen MR) is 122 cm³/mol. The monoisotopic (exact) mass is 460 g/mol. The summed E-state index contributed by atoms with van der Waals surface area (Å²) in [7, 11) is 0. The van der Waals surface area contributed by atoms with E-state index < -0.39 is 29.4 Å². The van der Waals surface area contributed by atoms with Crippen molar-refractivity contribution >= 4 is 17.7 Å². The Morgan fingerprint density at radius 1 is 0.765 bits per heavy atom. The average molecular weight is 460 g/mol. The van der Waals surface area contributed by atoms with Crippen molar-refractivity contribution < 1.29 is 33.3 Å². The molecular formula is C27H24O7. The van der Waals surface area contributed by atoms with Crippen LogP contribution in [0.25, 0.3) is 0 Å². The molecule has 1 saturated heterocycles. The molecule has 0 bridgehead atoms. The Balaban J connectivity index is 1.58. The minimum Gasteiger partial charge on any atom is -0.485 e. The summed E-state index contributed by atoms with van der Waals surface area (Å²) in [6.45, 7) is 3.39. The number of hydrogen-bond donors (Lipinski definition) is 0. The molecule has 0 aliphatic carbocycles. The van der Waals surface area contributed by atoms with Crippen molar-refractivity contribution in [2.24, 2.45) is 5.92 Å². The number of esters is 2. The Morgan fingerprint density at radius 2 is 1.26 bits per heavy atom. The van der Waals surface area contributed by atoms with E-state index in [4.69, 9.17) is 18.9 Å². The Morgan fingerprint density at radius 3 is 1.79 bits per heavy atom. The first-order valence-corrected chi connectivity index (χ1v) is 10.8. The summed E-state index contributed by atoms with van der Waals surface area (Å²) in [6, 6.07) is 23.7. The van der Waals surface area contributed by atoms with Crippen LogP contribution in [0.15, 0.2) is 78.9 Å². The highest BCUT2D eigenvalue weighted by Crippen LogP contribution is 2.32. The number of ketones is 1. The van der Waals surface area contributed by atoms with Gasteiger partial charge in [0.15, 0.2) is 17.3 Å². The molecule has 3 aromatic rings. The first-order chi connectivity index (χ1) is 16.3. The van der Waals surface area contributed by atoms with E-state index in [1.165, 1.54) is 26.0 Å². The maximum atomic E-state index is 13.1. The number of carbonyl (C=O) groups is 3. The molecule has 7 heteroatoms. The van der Waals surface area contributed by atoms with E-state index in [2.05, 4.69) is 0 Å². The number of carbonyl (C=O) groups excluding carboxylic acids is 3. The van der Waals surface area contributed by atoms with Gasteiger partial charge < -0.3 is 18.9 Å². The zero-order valence-corrected chi connectivity index (χ0v) is 18.9. The highest BCUT2D eigenvalue weighted by Gasteiger charge is 2.47. The van der Waals surface area contributed by atoms with Gasteiger partial charge in [-0.05, 0) is 29.3 Å². The fourth-order valence-corrected chi connectivity index (χ4v) is 3.46. The van der Waals surface area contributed by atoms with Crippen LogP contribution >= 0.6 is 0 Å². The lowest BCUT2D eigenvalue weighted by Gasteiger charge is -2.32. The second kappa shape index (κ2) is 9.79. The van der Waals surface area contributed by atoms with E-state index in [0.717, 1.165) is 11.1 Å².